The number of nitrogens with one attached hydrogen (secondary N) is 3. The van der Waals surface area contributed by atoms with Crippen molar-refractivity contribution in [2.75, 3.05) is 10.6 Å². The Morgan fingerprint density at radius 1 is 0.840 bits per heavy atom. The average Bonchev–Trinajstić information content (AvgIpc) is 3.05. The van der Waals surface area contributed by atoms with E-state index in [9.17, 15) is 18.4 Å². The molecule has 25 heavy (non-hydrogen) atoms. The van der Waals surface area contributed by atoms with Crippen LogP contribution in [0.25, 0.3) is 0 Å². The molecule has 0 bridgehead atoms. The van der Waals surface area contributed by atoms with E-state index in [2.05, 4.69) is 20.8 Å². The molecule has 0 atom stereocenters. The maximum absolute atomic E-state index is 12.9. The summed E-state index contributed by atoms with van der Waals surface area (Å²) >= 11 is 0. The van der Waals surface area contributed by atoms with Crippen LogP contribution in [0.1, 0.15) is 20.8 Å². The normalized spacial score (nSPS) is 10.3. The van der Waals surface area contributed by atoms with Gasteiger partial charge in [0, 0.05) is 17.4 Å². The van der Waals surface area contributed by atoms with Gasteiger partial charge in [0.05, 0.1) is 5.69 Å². The van der Waals surface area contributed by atoms with Crippen molar-refractivity contribution >= 4 is 23.2 Å². The molecule has 6 nitrogen and oxygen atoms in total. The van der Waals surface area contributed by atoms with Crippen molar-refractivity contribution in [3.05, 3.63) is 77.6 Å². The average molecular weight is 342 g/mol. The minimum absolute atomic E-state index is 0.0419. The lowest BCUT2D eigenvalue weighted by molar-refractivity contribution is 0.102. The second-order valence-electron chi connectivity index (χ2n) is 5.07. The van der Waals surface area contributed by atoms with Crippen LogP contribution in [-0.4, -0.2) is 22.0 Å². The van der Waals surface area contributed by atoms with Gasteiger partial charge in [0.15, 0.2) is 5.69 Å². The highest BCUT2D eigenvalue weighted by molar-refractivity contribution is 6.11. The fourth-order valence-electron chi connectivity index (χ4n) is 2.08. The number of H-pyrrole nitrogens is 1. The van der Waals surface area contributed by atoms with Crippen molar-refractivity contribution < 1.29 is 18.4 Å². The summed E-state index contributed by atoms with van der Waals surface area (Å²) in [4.78, 5) is 24.4. The van der Waals surface area contributed by atoms with Gasteiger partial charge in [-0.15, -0.1) is 0 Å². The molecule has 1 heterocycles. The zero-order valence-electron chi connectivity index (χ0n) is 12.7. The fourth-order valence-corrected chi connectivity index (χ4v) is 2.08. The number of rotatable bonds is 4. The van der Waals surface area contributed by atoms with Crippen molar-refractivity contribution in [3.63, 3.8) is 0 Å². The molecular formula is C17H12F2N4O2. The van der Waals surface area contributed by atoms with Crippen LogP contribution in [0.4, 0.5) is 20.2 Å². The Morgan fingerprint density at radius 2 is 1.44 bits per heavy atom. The zero-order chi connectivity index (χ0) is 17.8. The standard InChI is InChI=1S/C17H12F2N4O2/c18-11-3-1-10(2-4-11)16(24)22-14-9-20-23-15(14)17(25)21-13-7-5-12(19)6-8-13/h1-9H,(H,20,23)(H,21,25)(H,22,24). The van der Waals surface area contributed by atoms with Crippen molar-refractivity contribution in [2.24, 2.45) is 0 Å². The number of halogens is 2. The summed E-state index contributed by atoms with van der Waals surface area (Å²) in [6.45, 7) is 0. The Kier molecular flexibility index (Phi) is 4.51. The highest BCUT2D eigenvalue weighted by atomic mass is 19.1. The number of aromatic nitrogens is 2. The third kappa shape index (κ3) is 3.86. The molecule has 3 N–H and O–H groups in total. The van der Waals surface area contributed by atoms with Crippen LogP contribution in [0, 0.1) is 11.6 Å². The molecule has 0 spiro atoms. The SMILES string of the molecule is O=C(Nc1c[nH]nc1C(=O)Nc1ccc(F)cc1)c1ccc(F)cc1. The monoisotopic (exact) mass is 342 g/mol. The largest absolute Gasteiger partial charge is 0.321 e. The first-order valence-electron chi connectivity index (χ1n) is 7.20. The lowest BCUT2D eigenvalue weighted by Gasteiger charge is -2.07. The number of hydrogen-bond donors (Lipinski definition) is 3. The van der Waals surface area contributed by atoms with E-state index in [1.807, 2.05) is 0 Å². The van der Waals surface area contributed by atoms with E-state index < -0.39 is 23.4 Å². The number of benzene rings is 2. The van der Waals surface area contributed by atoms with E-state index in [1.54, 1.807) is 0 Å². The Morgan fingerprint density at radius 3 is 2.08 bits per heavy atom. The van der Waals surface area contributed by atoms with Gasteiger partial charge in [-0.25, -0.2) is 8.78 Å². The third-order valence-electron chi connectivity index (χ3n) is 3.31. The predicted molar refractivity (Wildman–Crippen MR) is 87.3 cm³/mol. The van der Waals surface area contributed by atoms with Crippen molar-refractivity contribution in [2.45, 2.75) is 0 Å². The molecule has 0 unspecified atom stereocenters. The molecule has 2 aromatic carbocycles. The Hall–Kier alpha value is -3.55. The molecule has 0 saturated carbocycles. The molecule has 0 saturated heterocycles. The summed E-state index contributed by atoms with van der Waals surface area (Å²) < 4.78 is 25.8. The fraction of sp³-hybridized carbons (Fsp3) is 0. The van der Waals surface area contributed by atoms with Crippen LogP contribution >= 0.6 is 0 Å². The van der Waals surface area contributed by atoms with Crippen LogP contribution in [0.3, 0.4) is 0 Å². The van der Waals surface area contributed by atoms with E-state index in [0.29, 0.717) is 5.69 Å². The number of amides is 2. The molecule has 0 aliphatic carbocycles. The van der Waals surface area contributed by atoms with Crippen LogP contribution in [0.15, 0.2) is 54.7 Å². The molecule has 2 amide bonds. The second-order valence-corrected chi connectivity index (χ2v) is 5.07. The van der Waals surface area contributed by atoms with E-state index in [-0.39, 0.29) is 16.9 Å². The lowest BCUT2D eigenvalue weighted by atomic mass is 10.2. The minimum Gasteiger partial charge on any atom is -0.321 e. The molecule has 0 aliphatic rings. The van der Waals surface area contributed by atoms with Gasteiger partial charge in [0.1, 0.15) is 11.6 Å². The van der Waals surface area contributed by atoms with Gasteiger partial charge in [0.2, 0.25) is 0 Å². The Bertz CT molecular complexity index is 905. The molecule has 0 aliphatic heterocycles. The summed E-state index contributed by atoms with van der Waals surface area (Å²) in [5.74, 6) is -1.98. The zero-order valence-corrected chi connectivity index (χ0v) is 12.7. The van der Waals surface area contributed by atoms with Crippen LogP contribution in [0.5, 0.6) is 0 Å². The van der Waals surface area contributed by atoms with Crippen molar-refractivity contribution in [3.8, 4) is 0 Å². The van der Waals surface area contributed by atoms with Crippen molar-refractivity contribution in [1.29, 1.82) is 0 Å². The molecule has 8 heteroatoms. The first kappa shape index (κ1) is 16.3. The van der Waals surface area contributed by atoms with Gasteiger partial charge in [-0.1, -0.05) is 0 Å². The summed E-state index contributed by atoms with van der Waals surface area (Å²) in [6, 6.07) is 10.2. The predicted octanol–water partition coefficient (Wildman–Crippen LogP) is 3.19. The second kappa shape index (κ2) is 6.91. The summed E-state index contributed by atoms with van der Waals surface area (Å²) in [7, 11) is 0. The summed E-state index contributed by atoms with van der Waals surface area (Å²) in [5, 5.41) is 11.4. The van der Waals surface area contributed by atoms with Gasteiger partial charge in [-0.2, -0.15) is 5.10 Å². The van der Waals surface area contributed by atoms with Gasteiger partial charge in [0.25, 0.3) is 11.8 Å². The van der Waals surface area contributed by atoms with E-state index in [4.69, 9.17) is 0 Å². The van der Waals surface area contributed by atoms with Gasteiger partial charge in [-0.3, -0.25) is 14.7 Å². The first-order chi connectivity index (χ1) is 12.0. The summed E-state index contributed by atoms with van der Waals surface area (Å²) in [6.07, 6.45) is 1.35. The first-order valence-corrected chi connectivity index (χ1v) is 7.20. The number of hydrogen-bond acceptors (Lipinski definition) is 3. The molecule has 1 aromatic heterocycles. The quantitative estimate of drug-likeness (QED) is 0.680. The molecule has 0 fully saturated rings. The van der Waals surface area contributed by atoms with Gasteiger partial charge < -0.3 is 10.6 Å². The lowest BCUT2D eigenvalue weighted by Crippen LogP contribution is -2.18. The van der Waals surface area contributed by atoms with E-state index in [1.165, 1.54) is 42.6 Å². The maximum Gasteiger partial charge on any atom is 0.278 e. The van der Waals surface area contributed by atoms with Gasteiger partial charge in [-0.05, 0) is 48.5 Å². The Balaban J connectivity index is 1.73. The number of aromatic amines is 1. The highest BCUT2D eigenvalue weighted by Gasteiger charge is 2.17. The Labute approximate surface area is 140 Å². The topological polar surface area (TPSA) is 86.9 Å². The maximum atomic E-state index is 12.9. The molecule has 126 valence electrons. The smallest absolute Gasteiger partial charge is 0.278 e. The number of nitrogens with zero attached hydrogens (tertiary/aromatic N) is 1. The molecular weight excluding hydrogens is 330 g/mol. The van der Waals surface area contributed by atoms with Crippen LogP contribution < -0.4 is 10.6 Å². The van der Waals surface area contributed by atoms with E-state index in [0.717, 1.165) is 12.1 Å². The molecule has 3 rings (SSSR count). The van der Waals surface area contributed by atoms with Crippen LogP contribution in [0.2, 0.25) is 0 Å². The molecule has 3 aromatic rings. The van der Waals surface area contributed by atoms with Crippen molar-refractivity contribution in [1.82, 2.24) is 10.2 Å². The third-order valence-corrected chi connectivity index (χ3v) is 3.31. The van der Waals surface area contributed by atoms with Crippen LogP contribution in [-0.2, 0) is 0 Å². The van der Waals surface area contributed by atoms with E-state index >= 15 is 0 Å². The van der Waals surface area contributed by atoms with Gasteiger partial charge >= 0.3 is 0 Å². The summed E-state index contributed by atoms with van der Waals surface area (Å²) in [5.41, 5.74) is 0.728. The number of anilines is 2. The number of carbonyl (C=O) groups excluding carboxylic acids is 2. The number of carbonyl (C=O) groups is 2. The highest BCUT2D eigenvalue weighted by Crippen LogP contribution is 2.16. The minimum atomic E-state index is -0.581. The molecule has 0 radical (unpaired) electrons.